The zero-order valence-electron chi connectivity index (χ0n) is 18.7. The van der Waals surface area contributed by atoms with Gasteiger partial charge in [0.15, 0.2) is 0 Å². The summed E-state index contributed by atoms with van der Waals surface area (Å²) in [5.41, 5.74) is 1.60. The van der Waals surface area contributed by atoms with Gasteiger partial charge in [0.25, 0.3) is 0 Å². The Balaban J connectivity index is 2.16. The maximum Gasteiger partial charge on any atom is 0.108 e. The summed E-state index contributed by atoms with van der Waals surface area (Å²) in [4.78, 5) is 4.66. The van der Waals surface area contributed by atoms with Crippen LogP contribution in [0.15, 0.2) is 36.7 Å². The number of hydrogen-bond acceptors (Lipinski definition) is 1. The van der Waals surface area contributed by atoms with Gasteiger partial charge in [-0.15, -0.1) is 0 Å². The predicted octanol–water partition coefficient (Wildman–Crippen LogP) is 7.83. The lowest BCUT2D eigenvalue weighted by Crippen LogP contribution is -2.45. The number of benzene rings is 1. The molecule has 1 saturated carbocycles. The van der Waals surface area contributed by atoms with Crippen molar-refractivity contribution in [3.05, 3.63) is 53.1 Å². The summed E-state index contributed by atoms with van der Waals surface area (Å²) in [7, 11) is 0. The molecule has 29 heavy (non-hydrogen) atoms. The highest BCUT2D eigenvalue weighted by Crippen LogP contribution is 2.51. The van der Waals surface area contributed by atoms with Crippen LogP contribution in [0.5, 0.6) is 0 Å². The Bertz CT molecular complexity index is 747. The minimum absolute atomic E-state index is 0.136. The molecule has 2 nitrogen and oxygen atoms in total. The van der Waals surface area contributed by atoms with Gasteiger partial charge in [0.1, 0.15) is 5.82 Å². The van der Waals surface area contributed by atoms with Gasteiger partial charge in [-0.25, -0.2) is 4.98 Å². The maximum absolute atomic E-state index is 6.56. The molecule has 2 aromatic rings. The molecular formula is C26H39ClN2. The van der Waals surface area contributed by atoms with E-state index < -0.39 is 0 Å². The number of aryl methyl sites for hydroxylation is 1. The predicted molar refractivity (Wildman–Crippen MR) is 125 cm³/mol. The number of halogens is 1. The molecule has 0 saturated heterocycles. The highest BCUT2D eigenvalue weighted by atomic mass is 35.5. The van der Waals surface area contributed by atoms with Crippen molar-refractivity contribution < 1.29 is 0 Å². The summed E-state index contributed by atoms with van der Waals surface area (Å²) in [5.74, 6) is 2.61. The van der Waals surface area contributed by atoms with E-state index in [1.807, 2.05) is 12.3 Å². The summed E-state index contributed by atoms with van der Waals surface area (Å²) in [5, 5.41) is 0.872. The van der Waals surface area contributed by atoms with E-state index in [1.54, 1.807) is 0 Å². The highest BCUT2D eigenvalue weighted by molar-refractivity contribution is 6.30. The second kappa shape index (κ2) is 10.7. The molecule has 2 unspecified atom stereocenters. The van der Waals surface area contributed by atoms with Crippen molar-refractivity contribution >= 4 is 11.6 Å². The van der Waals surface area contributed by atoms with E-state index in [1.165, 1.54) is 69.2 Å². The summed E-state index contributed by atoms with van der Waals surface area (Å²) in [6.45, 7) is 7.93. The molecule has 0 N–H and O–H groups in total. The smallest absolute Gasteiger partial charge is 0.108 e. The van der Waals surface area contributed by atoms with Crippen molar-refractivity contribution in [3.63, 3.8) is 0 Å². The van der Waals surface area contributed by atoms with Crippen molar-refractivity contribution in [1.82, 2.24) is 9.55 Å². The van der Waals surface area contributed by atoms with Gasteiger partial charge in [0.05, 0.1) is 0 Å². The van der Waals surface area contributed by atoms with Crippen LogP contribution in [0, 0.1) is 11.8 Å². The molecule has 1 aromatic heterocycles. The molecule has 2 atom stereocenters. The fourth-order valence-electron chi connectivity index (χ4n) is 5.91. The number of unbranched alkanes of at least 4 members (excludes halogenated alkanes) is 1. The average molecular weight is 415 g/mol. The monoisotopic (exact) mass is 414 g/mol. The third-order valence-corrected chi connectivity index (χ3v) is 7.50. The van der Waals surface area contributed by atoms with Crippen LogP contribution in [0.2, 0.25) is 5.02 Å². The molecule has 0 bridgehead atoms. The van der Waals surface area contributed by atoms with Crippen molar-refractivity contribution in [3.8, 4) is 0 Å². The standard InChI is InChI=1S/C26H39ClN2/c1-4-7-12-21(11-5-2)26(22-13-8-9-14-22,23-15-10-16-24(27)19-23)20-29-18-17-28-25(29)6-3/h10,15-19,21-22H,4-9,11-14,20H2,1-3H3. The van der Waals surface area contributed by atoms with Gasteiger partial charge >= 0.3 is 0 Å². The largest absolute Gasteiger partial charge is 0.334 e. The first-order valence-corrected chi connectivity index (χ1v) is 12.3. The lowest BCUT2D eigenvalue weighted by atomic mass is 9.59. The van der Waals surface area contributed by atoms with E-state index in [2.05, 4.69) is 54.7 Å². The first-order chi connectivity index (χ1) is 14.2. The minimum Gasteiger partial charge on any atom is -0.334 e. The second-order valence-electron chi connectivity index (χ2n) is 8.98. The molecule has 0 spiro atoms. The summed E-state index contributed by atoms with van der Waals surface area (Å²) in [6.07, 6.45) is 17.0. The topological polar surface area (TPSA) is 17.8 Å². The Labute approximate surface area is 183 Å². The normalized spacial score (nSPS) is 18.1. The number of hydrogen-bond donors (Lipinski definition) is 0. The molecule has 1 aliphatic rings. The van der Waals surface area contributed by atoms with Crippen LogP contribution >= 0.6 is 11.6 Å². The van der Waals surface area contributed by atoms with Gasteiger partial charge in [0, 0.05) is 35.8 Å². The van der Waals surface area contributed by atoms with Crippen LogP contribution in [0.4, 0.5) is 0 Å². The Morgan fingerprint density at radius 2 is 1.93 bits per heavy atom. The van der Waals surface area contributed by atoms with Crippen LogP contribution in [-0.2, 0) is 18.4 Å². The van der Waals surface area contributed by atoms with Crippen LogP contribution in [0.25, 0.3) is 0 Å². The van der Waals surface area contributed by atoms with Crippen LogP contribution in [0.1, 0.15) is 89.9 Å². The van der Waals surface area contributed by atoms with Gasteiger partial charge in [-0.3, -0.25) is 0 Å². The van der Waals surface area contributed by atoms with Crippen molar-refractivity contribution in [1.29, 1.82) is 0 Å². The Kier molecular flexibility index (Phi) is 8.24. The molecule has 0 aliphatic heterocycles. The van der Waals surface area contributed by atoms with Gasteiger partial charge in [-0.2, -0.15) is 0 Å². The average Bonchev–Trinajstić information content (AvgIpc) is 3.41. The SMILES string of the molecule is CCCCC(CCC)C(Cn1ccnc1CC)(c1cccc(Cl)c1)C1CCCC1. The molecule has 1 aliphatic carbocycles. The second-order valence-corrected chi connectivity index (χ2v) is 9.42. The minimum atomic E-state index is 0.136. The van der Waals surface area contributed by atoms with Crippen molar-refractivity contribution in [2.75, 3.05) is 0 Å². The van der Waals surface area contributed by atoms with E-state index in [0.717, 1.165) is 23.9 Å². The first-order valence-electron chi connectivity index (χ1n) is 11.9. The van der Waals surface area contributed by atoms with E-state index in [4.69, 9.17) is 11.6 Å². The van der Waals surface area contributed by atoms with Gasteiger partial charge < -0.3 is 4.57 Å². The first kappa shape index (κ1) is 22.4. The number of imidazole rings is 1. The molecule has 3 rings (SSSR count). The quantitative estimate of drug-likeness (QED) is 0.366. The molecule has 0 amide bonds. The Morgan fingerprint density at radius 3 is 2.59 bits per heavy atom. The van der Waals surface area contributed by atoms with Crippen LogP contribution in [-0.4, -0.2) is 9.55 Å². The van der Waals surface area contributed by atoms with E-state index >= 15 is 0 Å². The van der Waals surface area contributed by atoms with Crippen LogP contribution in [0.3, 0.4) is 0 Å². The zero-order valence-corrected chi connectivity index (χ0v) is 19.4. The third-order valence-electron chi connectivity index (χ3n) is 7.27. The highest BCUT2D eigenvalue weighted by Gasteiger charge is 2.47. The van der Waals surface area contributed by atoms with Crippen LogP contribution < -0.4 is 0 Å². The van der Waals surface area contributed by atoms with Gasteiger partial charge in [-0.1, -0.05) is 76.6 Å². The molecule has 160 valence electrons. The zero-order chi connectivity index (χ0) is 20.7. The van der Waals surface area contributed by atoms with E-state index in [-0.39, 0.29) is 5.41 Å². The Hall–Kier alpha value is -1.28. The molecule has 1 heterocycles. The number of aromatic nitrogens is 2. The fourth-order valence-corrected chi connectivity index (χ4v) is 6.10. The van der Waals surface area contributed by atoms with Gasteiger partial charge in [0.2, 0.25) is 0 Å². The molecule has 0 radical (unpaired) electrons. The molecule has 1 fully saturated rings. The lowest BCUT2D eigenvalue weighted by Gasteiger charge is -2.47. The third kappa shape index (κ3) is 4.90. The maximum atomic E-state index is 6.56. The van der Waals surface area contributed by atoms with E-state index in [0.29, 0.717) is 5.92 Å². The fraction of sp³-hybridized carbons (Fsp3) is 0.654. The molecular weight excluding hydrogens is 376 g/mol. The number of nitrogens with zero attached hydrogens (tertiary/aromatic N) is 2. The van der Waals surface area contributed by atoms with E-state index in [9.17, 15) is 0 Å². The van der Waals surface area contributed by atoms with Crippen molar-refractivity contribution in [2.24, 2.45) is 11.8 Å². The molecule has 3 heteroatoms. The lowest BCUT2D eigenvalue weighted by molar-refractivity contribution is 0.121. The summed E-state index contributed by atoms with van der Waals surface area (Å²) < 4.78 is 2.45. The van der Waals surface area contributed by atoms with Gasteiger partial charge in [-0.05, 0) is 55.2 Å². The summed E-state index contributed by atoms with van der Waals surface area (Å²) >= 11 is 6.56. The van der Waals surface area contributed by atoms with Crippen molar-refractivity contribution in [2.45, 2.75) is 96.9 Å². The number of rotatable bonds is 11. The Morgan fingerprint density at radius 1 is 1.14 bits per heavy atom. The summed E-state index contributed by atoms with van der Waals surface area (Å²) in [6, 6.07) is 8.83. The molecule has 1 aromatic carbocycles.